The zero-order valence-corrected chi connectivity index (χ0v) is 6.49. The van der Waals surface area contributed by atoms with E-state index in [0.29, 0.717) is 0 Å². The van der Waals surface area contributed by atoms with Gasteiger partial charge in [0.05, 0.1) is 12.5 Å². The van der Waals surface area contributed by atoms with E-state index in [0.717, 1.165) is 25.7 Å². The Kier molecular flexibility index (Phi) is 2.88. The van der Waals surface area contributed by atoms with Crippen molar-refractivity contribution < 1.29 is 15.0 Å². The van der Waals surface area contributed by atoms with Crippen molar-refractivity contribution in [1.82, 2.24) is 0 Å². The highest BCUT2D eigenvalue weighted by molar-refractivity contribution is 5.67. The molecule has 1 rings (SSSR count). The molecule has 0 aromatic carbocycles. The Morgan fingerprint density at radius 3 is 2.55 bits per heavy atom. The maximum Gasteiger partial charge on any atom is 0.303 e. The molecule has 0 radical (unpaired) electrons. The molecule has 0 aliphatic heterocycles. The average Bonchev–Trinajstić information content (AvgIpc) is 1.93. The van der Waals surface area contributed by atoms with E-state index in [4.69, 9.17) is 5.11 Å². The number of carboxylic acid groups (broad SMARTS) is 1. The highest BCUT2D eigenvalue weighted by atomic mass is 16.4. The summed E-state index contributed by atoms with van der Waals surface area (Å²) < 4.78 is 0. The van der Waals surface area contributed by atoms with E-state index in [9.17, 15) is 9.90 Å². The monoisotopic (exact) mass is 158 g/mol. The summed E-state index contributed by atoms with van der Waals surface area (Å²) in [5.74, 6) is -0.794. The maximum absolute atomic E-state index is 10.3. The van der Waals surface area contributed by atoms with E-state index < -0.39 is 5.97 Å². The van der Waals surface area contributed by atoms with Crippen molar-refractivity contribution in [2.75, 3.05) is 0 Å². The lowest BCUT2D eigenvalue weighted by molar-refractivity contribution is -0.139. The Labute approximate surface area is 66.0 Å². The van der Waals surface area contributed by atoms with Gasteiger partial charge in [-0.1, -0.05) is 12.8 Å². The number of aliphatic carboxylic acids is 1. The quantitative estimate of drug-likeness (QED) is 0.630. The summed E-state index contributed by atoms with van der Waals surface area (Å²) in [4.78, 5) is 10.3. The van der Waals surface area contributed by atoms with Gasteiger partial charge in [0, 0.05) is 0 Å². The van der Waals surface area contributed by atoms with Crippen LogP contribution in [-0.2, 0) is 4.79 Å². The number of aliphatic hydroxyl groups excluding tert-OH is 1. The number of aliphatic hydroxyl groups is 1. The fourth-order valence-electron chi connectivity index (χ4n) is 1.65. The summed E-state index contributed by atoms with van der Waals surface area (Å²) in [6, 6.07) is 0. The summed E-state index contributed by atoms with van der Waals surface area (Å²) in [5, 5.41) is 17.8. The van der Waals surface area contributed by atoms with E-state index >= 15 is 0 Å². The summed E-state index contributed by atoms with van der Waals surface area (Å²) in [6.45, 7) is 0. The Morgan fingerprint density at radius 1 is 1.36 bits per heavy atom. The first-order valence-corrected chi connectivity index (χ1v) is 4.10. The molecule has 0 spiro atoms. The smallest absolute Gasteiger partial charge is 0.303 e. The zero-order valence-electron chi connectivity index (χ0n) is 6.49. The molecule has 64 valence electrons. The minimum Gasteiger partial charge on any atom is -0.481 e. The van der Waals surface area contributed by atoms with Crippen molar-refractivity contribution in [3.63, 3.8) is 0 Å². The fourth-order valence-corrected chi connectivity index (χ4v) is 1.65. The summed E-state index contributed by atoms with van der Waals surface area (Å²) in [6.07, 6.45) is 3.50. The third kappa shape index (κ3) is 2.50. The Bertz CT molecular complexity index is 144. The Morgan fingerprint density at radius 2 is 2.00 bits per heavy atom. The first-order chi connectivity index (χ1) is 5.20. The SMILES string of the molecule is O=C(O)C[C@@H]1CCCC[C@@H]1O. The summed E-state index contributed by atoms with van der Waals surface area (Å²) in [7, 11) is 0. The molecule has 0 aromatic heterocycles. The van der Waals surface area contributed by atoms with Gasteiger partial charge in [-0.3, -0.25) is 4.79 Å². The second-order valence-corrected chi connectivity index (χ2v) is 3.21. The molecule has 0 aromatic rings. The van der Waals surface area contributed by atoms with Crippen molar-refractivity contribution in [1.29, 1.82) is 0 Å². The van der Waals surface area contributed by atoms with E-state index in [-0.39, 0.29) is 18.4 Å². The number of carbonyl (C=O) groups is 1. The molecule has 3 heteroatoms. The molecule has 1 saturated carbocycles. The number of hydrogen-bond acceptors (Lipinski definition) is 2. The van der Waals surface area contributed by atoms with Crippen molar-refractivity contribution >= 4 is 5.97 Å². The van der Waals surface area contributed by atoms with E-state index in [1.165, 1.54) is 0 Å². The van der Waals surface area contributed by atoms with E-state index in [2.05, 4.69) is 0 Å². The van der Waals surface area contributed by atoms with Gasteiger partial charge in [-0.15, -0.1) is 0 Å². The van der Waals surface area contributed by atoms with Crippen LogP contribution in [0.2, 0.25) is 0 Å². The minimum atomic E-state index is -0.795. The van der Waals surface area contributed by atoms with Gasteiger partial charge in [0.2, 0.25) is 0 Å². The zero-order chi connectivity index (χ0) is 8.27. The van der Waals surface area contributed by atoms with Crippen LogP contribution in [0.15, 0.2) is 0 Å². The lowest BCUT2D eigenvalue weighted by atomic mass is 9.84. The van der Waals surface area contributed by atoms with Crippen LogP contribution in [0.3, 0.4) is 0 Å². The van der Waals surface area contributed by atoms with E-state index in [1.54, 1.807) is 0 Å². The molecule has 3 nitrogen and oxygen atoms in total. The van der Waals surface area contributed by atoms with Gasteiger partial charge in [-0.05, 0) is 18.8 Å². The Balaban J connectivity index is 2.35. The third-order valence-corrected chi connectivity index (χ3v) is 2.31. The first-order valence-electron chi connectivity index (χ1n) is 4.10. The largest absolute Gasteiger partial charge is 0.481 e. The van der Waals surface area contributed by atoms with E-state index in [1.807, 2.05) is 0 Å². The highest BCUT2D eigenvalue weighted by Crippen LogP contribution is 2.26. The van der Waals surface area contributed by atoms with Crippen LogP contribution in [-0.4, -0.2) is 22.3 Å². The molecule has 0 bridgehead atoms. The molecule has 1 aliphatic rings. The van der Waals surface area contributed by atoms with Gasteiger partial charge in [-0.25, -0.2) is 0 Å². The Hall–Kier alpha value is -0.570. The van der Waals surface area contributed by atoms with Crippen LogP contribution >= 0.6 is 0 Å². The van der Waals surface area contributed by atoms with Gasteiger partial charge in [0.15, 0.2) is 0 Å². The van der Waals surface area contributed by atoms with Gasteiger partial charge in [0.1, 0.15) is 0 Å². The normalized spacial score (nSPS) is 31.7. The average molecular weight is 158 g/mol. The maximum atomic E-state index is 10.3. The van der Waals surface area contributed by atoms with Crippen LogP contribution in [0.4, 0.5) is 0 Å². The number of carboxylic acids is 1. The van der Waals surface area contributed by atoms with Crippen molar-refractivity contribution in [2.24, 2.45) is 5.92 Å². The second kappa shape index (κ2) is 3.72. The predicted molar refractivity (Wildman–Crippen MR) is 40.2 cm³/mol. The van der Waals surface area contributed by atoms with Crippen LogP contribution in [0.25, 0.3) is 0 Å². The molecular weight excluding hydrogens is 144 g/mol. The molecule has 0 heterocycles. The second-order valence-electron chi connectivity index (χ2n) is 3.21. The summed E-state index contributed by atoms with van der Waals surface area (Å²) >= 11 is 0. The minimum absolute atomic E-state index is 0.00116. The third-order valence-electron chi connectivity index (χ3n) is 2.31. The molecule has 1 aliphatic carbocycles. The van der Waals surface area contributed by atoms with Crippen molar-refractivity contribution in [3.8, 4) is 0 Å². The molecule has 2 N–H and O–H groups in total. The van der Waals surface area contributed by atoms with Gasteiger partial charge in [0.25, 0.3) is 0 Å². The topological polar surface area (TPSA) is 57.5 Å². The number of hydrogen-bond donors (Lipinski definition) is 2. The lowest BCUT2D eigenvalue weighted by Crippen LogP contribution is -2.26. The molecule has 0 saturated heterocycles. The highest BCUT2D eigenvalue weighted by Gasteiger charge is 2.24. The molecule has 0 unspecified atom stereocenters. The van der Waals surface area contributed by atoms with Crippen LogP contribution in [0.5, 0.6) is 0 Å². The van der Waals surface area contributed by atoms with Gasteiger partial charge < -0.3 is 10.2 Å². The van der Waals surface area contributed by atoms with Crippen LogP contribution < -0.4 is 0 Å². The molecule has 0 amide bonds. The van der Waals surface area contributed by atoms with Gasteiger partial charge in [-0.2, -0.15) is 0 Å². The van der Waals surface area contributed by atoms with Crippen LogP contribution in [0.1, 0.15) is 32.1 Å². The van der Waals surface area contributed by atoms with Crippen molar-refractivity contribution in [3.05, 3.63) is 0 Å². The standard InChI is InChI=1S/C8H14O3/c9-7-4-2-1-3-6(7)5-8(10)11/h6-7,9H,1-5H2,(H,10,11)/t6-,7-/m0/s1. The first kappa shape index (κ1) is 8.53. The number of rotatable bonds is 2. The summed E-state index contributed by atoms with van der Waals surface area (Å²) in [5.41, 5.74) is 0. The van der Waals surface area contributed by atoms with Crippen molar-refractivity contribution in [2.45, 2.75) is 38.2 Å². The molecule has 1 fully saturated rings. The molecule has 11 heavy (non-hydrogen) atoms. The molecule has 2 atom stereocenters. The van der Waals surface area contributed by atoms with Gasteiger partial charge >= 0.3 is 5.97 Å². The fraction of sp³-hybridized carbons (Fsp3) is 0.875. The molecular formula is C8H14O3. The lowest BCUT2D eigenvalue weighted by Gasteiger charge is -2.25. The van der Waals surface area contributed by atoms with Crippen LogP contribution in [0, 0.1) is 5.92 Å². The predicted octanol–water partition coefficient (Wildman–Crippen LogP) is 1.01.